The highest BCUT2D eigenvalue weighted by Gasteiger charge is 2.18. The summed E-state index contributed by atoms with van der Waals surface area (Å²) in [5, 5.41) is 13.8. The van der Waals surface area contributed by atoms with Crippen LogP contribution in [0, 0.1) is 0 Å². The first-order valence-electron chi connectivity index (χ1n) is 6.70. The maximum atomic E-state index is 10.1. The second-order valence-corrected chi connectivity index (χ2v) is 5.01. The van der Waals surface area contributed by atoms with Crippen molar-refractivity contribution < 1.29 is 14.6 Å². The smallest absolute Gasteiger partial charge is 0.179 e. The van der Waals surface area contributed by atoms with E-state index in [9.17, 15) is 5.11 Å². The lowest BCUT2D eigenvalue weighted by Gasteiger charge is -2.16. The molecular formula is C14H20ClNO3. The van der Waals surface area contributed by atoms with Gasteiger partial charge in [-0.2, -0.15) is 0 Å². The summed E-state index contributed by atoms with van der Waals surface area (Å²) >= 11 is 6.19. The van der Waals surface area contributed by atoms with Crippen molar-refractivity contribution in [3.05, 3.63) is 22.7 Å². The Kier molecular flexibility index (Phi) is 5.31. The van der Waals surface area contributed by atoms with Crippen LogP contribution in [0.15, 0.2) is 12.1 Å². The molecule has 2 rings (SSSR count). The first-order chi connectivity index (χ1) is 9.22. The quantitative estimate of drug-likeness (QED) is 0.817. The van der Waals surface area contributed by atoms with E-state index in [1.165, 1.54) is 0 Å². The predicted octanol–water partition coefficient (Wildman–Crippen LogP) is 2.53. The minimum absolute atomic E-state index is 0.490. The Labute approximate surface area is 118 Å². The van der Waals surface area contributed by atoms with Crippen LogP contribution in [0.4, 0.5) is 0 Å². The van der Waals surface area contributed by atoms with E-state index in [1.54, 1.807) is 6.07 Å². The highest BCUT2D eigenvalue weighted by atomic mass is 35.5. The summed E-state index contributed by atoms with van der Waals surface area (Å²) in [7, 11) is 0. The van der Waals surface area contributed by atoms with Crippen LogP contribution in [0.3, 0.4) is 0 Å². The van der Waals surface area contributed by atoms with Gasteiger partial charge < -0.3 is 19.9 Å². The molecule has 1 heterocycles. The van der Waals surface area contributed by atoms with Crippen molar-refractivity contribution in [1.82, 2.24) is 5.32 Å². The molecule has 4 nitrogen and oxygen atoms in total. The monoisotopic (exact) mass is 285 g/mol. The molecule has 0 aromatic heterocycles. The fourth-order valence-corrected chi connectivity index (χ4v) is 2.25. The molecule has 0 saturated carbocycles. The van der Waals surface area contributed by atoms with E-state index in [2.05, 4.69) is 12.2 Å². The predicted molar refractivity (Wildman–Crippen MR) is 75.2 cm³/mol. The lowest BCUT2D eigenvalue weighted by atomic mass is 10.1. The Bertz CT molecular complexity index is 425. The lowest BCUT2D eigenvalue weighted by Crippen LogP contribution is -2.22. The number of aliphatic hydroxyl groups excluding tert-OH is 1. The van der Waals surface area contributed by atoms with E-state index in [1.807, 2.05) is 6.07 Å². The van der Waals surface area contributed by atoms with Gasteiger partial charge in [-0.25, -0.2) is 0 Å². The molecule has 1 unspecified atom stereocenters. The zero-order valence-electron chi connectivity index (χ0n) is 11.1. The molecule has 0 fully saturated rings. The van der Waals surface area contributed by atoms with Crippen molar-refractivity contribution in [2.45, 2.75) is 25.9 Å². The van der Waals surface area contributed by atoms with E-state index in [4.69, 9.17) is 21.1 Å². The summed E-state index contributed by atoms with van der Waals surface area (Å²) in [6.45, 7) is 4.69. The average molecular weight is 286 g/mol. The minimum Gasteiger partial charge on any atom is -0.489 e. The molecule has 1 aromatic carbocycles. The molecule has 0 saturated heterocycles. The van der Waals surface area contributed by atoms with Crippen LogP contribution in [0.25, 0.3) is 0 Å². The van der Waals surface area contributed by atoms with Gasteiger partial charge in [0.15, 0.2) is 11.5 Å². The number of ether oxygens (including phenoxy) is 2. The number of halogens is 1. The third-order valence-corrected chi connectivity index (χ3v) is 3.25. The zero-order chi connectivity index (χ0) is 13.7. The van der Waals surface area contributed by atoms with Crippen molar-refractivity contribution in [3.8, 4) is 11.5 Å². The third-order valence-electron chi connectivity index (χ3n) is 2.97. The van der Waals surface area contributed by atoms with E-state index in [0.29, 0.717) is 36.3 Å². The fraction of sp³-hybridized carbons (Fsp3) is 0.571. The molecule has 106 valence electrons. The molecule has 1 aliphatic rings. The van der Waals surface area contributed by atoms with E-state index in [0.717, 1.165) is 24.9 Å². The van der Waals surface area contributed by atoms with Crippen LogP contribution >= 0.6 is 11.6 Å². The average Bonchev–Trinajstić information content (AvgIpc) is 2.64. The summed E-state index contributed by atoms with van der Waals surface area (Å²) in [5.74, 6) is 1.20. The van der Waals surface area contributed by atoms with Gasteiger partial charge in [-0.1, -0.05) is 18.5 Å². The second kappa shape index (κ2) is 6.98. The van der Waals surface area contributed by atoms with Gasteiger partial charge in [0.05, 0.1) is 24.3 Å². The first kappa shape index (κ1) is 14.4. The Morgan fingerprint density at radius 1 is 1.37 bits per heavy atom. The molecule has 1 aliphatic heterocycles. The highest BCUT2D eigenvalue weighted by molar-refractivity contribution is 6.32. The minimum atomic E-state index is -0.596. The van der Waals surface area contributed by atoms with Crippen LogP contribution < -0.4 is 14.8 Å². The standard InChI is InChI=1S/C14H20ClNO3/c1-2-4-16-9-12(17)10-7-11(15)14-13(8-10)18-5-3-6-19-14/h7-8,12,16-17H,2-6,9H2,1H3. The molecule has 19 heavy (non-hydrogen) atoms. The summed E-state index contributed by atoms with van der Waals surface area (Å²) in [4.78, 5) is 0. The van der Waals surface area contributed by atoms with Gasteiger partial charge in [0.1, 0.15) is 0 Å². The Morgan fingerprint density at radius 2 is 2.16 bits per heavy atom. The topological polar surface area (TPSA) is 50.7 Å². The van der Waals surface area contributed by atoms with Crippen LogP contribution in [-0.2, 0) is 0 Å². The number of nitrogens with one attached hydrogen (secondary N) is 1. The third kappa shape index (κ3) is 3.75. The molecule has 1 atom stereocenters. The number of benzene rings is 1. The molecule has 0 aliphatic carbocycles. The van der Waals surface area contributed by atoms with Crippen molar-refractivity contribution in [1.29, 1.82) is 0 Å². The van der Waals surface area contributed by atoms with Crippen LogP contribution in [-0.4, -0.2) is 31.4 Å². The number of hydrogen-bond acceptors (Lipinski definition) is 4. The molecule has 1 aromatic rings. The van der Waals surface area contributed by atoms with Gasteiger partial charge in [-0.15, -0.1) is 0 Å². The second-order valence-electron chi connectivity index (χ2n) is 4.60. The number of fused-ring (bicyclic) bond motifs is 1. The van der Waals surface area contributed by atoms with Gasteiger partial charge in [-0.3, -0.25) is 0 Å². The maximum Gasteiger partial charge on any atom is 0.179 e. The molecule has 0 bridgehead atoms. The highest BCUT2D eigenvalue weighted by Crippen LogP contribution is 2.39. The van der Waals surface area contributed by atoms with Gasteiger partial charge in [-0.05, 0) is 30.7 Å². The van der Waals surface area contributed by atoms with Crippen LogP contribution in [0.5, 0.6) is 11.5 Å². The van der Waals surface area contributed by atoms with Gasteiger partial charge in [0, 0.05) is 13.0 Å². The molecule has 0 spiro atoms. The lowest BCUT2D eigenvalue weighted by molar-refractivity contribution is 0.174. The van der Waals surface area contributed by atoms with Crippen molar-refractivity contribution in [2.24, 2.45) is 0 Å². The molecule has 2 N–H and O–H groups in total. The summed E-state index contributed by atoms with van der Waals surface area (Å²) in [5.41, 5.74) is 0.748. The Morgan fingerprint density at radius 3 is 2.95 bits per heavy atom. The summed E-state index contributed by atoms with van der Waals surface area (Å²) < 4.78 is 11.2. The van der Waals surface area contributed by atoms with E-state index >= 15 is 0 Å². The van der Waals surface area contributed by atoms with Crippen molar-refractivity contribution >= 4 is 11.6 Å². The largest absolute Gasteiger partial charge is 0.489 e. The fourth-order valence-electron chi connectivity index (χ4n) is 1.98. The van der Waals surface area contributed by atoms with E-state index in [-0.39, 0.29) is 0 Å². The van der Waals surface area contributed by atoms with Gasteiger partial charge >= 0.3 is 0 Å². The normalized spacial score (nSPS) is 15.9. The van der Waals surface area contributed by atoms with Crippen LogP contribution in [0.1, 0.15) is 31.4 Å². The Balaban J connectivity index is 2.13. The first-order valence-corrected chi connectivity index (χ1v) is 7.08. The maximum absolute atomic E-state index is 10.1. The number of hydrogen-bond donors (Lipinski definition) is 2. The summed E-state index contributed by atoms with van der Waals surface area (Å²) in [6.07, 6.45) is 1.27. The van der Waals surface area contributed by atoms with Crippen molar-refractivity contribution in [3.63, 3.8) is 0 Å². The SMILES string of the molecule is CCCNCC(O)c1cc(Cl)c2c(c1)OCCCO2. The molecular weight excluding hydrogens is 266 g/mol. The number of rotatable bonds is 5. The number of aliphatic hydroxyl groups is 1. The van der Waals surface area contributed by atoms with Crippen LogP contribution in [0.2, 0.25) is 5.02 Å². The summed E-state index contributed by atoms with van der Waals surface area (Å²) in [6, 6.07) is 3.55. The van der Waals surface area contributed by atoms with Crippen molar-refractivity contribution in [2.75, 3.05) is 26.3 Å². The molecule has 0 amide bonds. The molecule has 0 radical (unpaired) electrons. The zero-order valence-corrected chi connectivity index (χ0v) is 11.9. The van der Waals surface area contributed by atoms with Gasteiger partial charge in [0.2, 0.25) is 0 Å². The van der Waals surface area contributed by atoms with Gasteiger partial charge in [0.25, 0.3) is 0 Å². The molecule has 5 heteroatoms. The Hall–Kier alpha value is -0.970. The van der Waals surface area contributed by atoms with E-state index < -0.39 is 6.10 Å².